The van der Waals surface area contributed by atoms with Gasteiger partial charge in [-0.3, -0.25) is 9.52 Å². The van der Waals surface area contributed by atoms with Crippen molar-refractivity contribution in [3.05, 3.63) is 47.5 Å². The highest BCUT2D eigenvalue weighted by molar-refractivity contribution is 7.92. The summed E-state index contributed by atoms with van der Waals surface area (Å²) < 4.78 is 42.9. The minimum absolute atomic E-state index is 0.0370. The molecule has 0 radical (unpaired) electrons. The standard InChI is InChI=1S/C19H23ClN2O6S/c1-13(11-26-2)21-19(23)12-28-15-5-7-16(8-6-15)29(24,25)22-14-4-9-18(27-3)17(20)10-14/h4-10,13,22H,11-12H2,1-3H3,(H,21,23)/t13-/m1/s1. The lowest BCUT2D eigenvalue weighted by atomic mass is 10.3. The average Bonchev–Trinajstić information content (AvgIpc) is 2.67. The number of hydrogen-bond acceptors (Lipinski definition) is 6. The van der Waals surface area contributed by atoms with E-state index in [1.54, 1.807) is 19.2 Å². The third-order valence-corrected chi connectivity index (χ3v) is 5.42. The van der Waals surface area contributed by atoms with Gasteiger partial charge in [0.05, 0.1) is 29.3 Å². The second kappa shape index (κ2) is 10.3. The van der Waals surface area contributed by atoms with Crippen LogP contribution in [0.4, 0.5) is 5.69 Å². The van der Waals surface area contributed by atoms with Crippen LogP contribution in [0.1, 0.15) is 6.92 Å². The fourth-order valence-electron chi connectivity index (χ4n) is 2.42. The number of carbonyl (C=O) groups excluding carboxylic acids is 1. The summed E-state index contributed by atoms with van der Waals surface area (Å²) in [4.78, 5) is 11.8. The van der Waals surface area contributed by atoms with Gasteiger partial charge >= 0.3 is 0 Å². The predicted octanol–water partition coefficient (Wildman–Crippen LogP) is 2.68. The first-order valence-electron chi connectivity index (χ1n) is 8.62. The van der Waals surface area contributed by atoms with E-state index in [0.717, 1.165) is 0 Å². The van der Waals surface area contributed by atoms with Gasteiger partial charge < -0.3 is 19.5 Å². The lowest BCUT2D eigenvalue weighted by Crippen LogP contribution is -2.38. The number of nitrogens with one attached hydrogen (secondary N) is 2. The van der Waals surface area contributed by atoms with Gasteiger partial charge in [0.1, 0.15) is 11.5 Å². The highest BCUT2D eigenvalue weighted by atomic mass is 35.5. The number of rotatable bonds is 10. The lowest BCUT2D eigenvalue weighted by Gasteiger charge is -2.13. The molecule has 2 rings (SSSR count). The third-order valence-electron chi connectivity index (χ3n) is 3.73. The normalized spacial score (nSPS) is 12.1. The zero-order valence-electron chi connectivity index (χ0n) is 16.3. The minimum atomic E-state index is -3.82. The number of anilines is 1. The SMILES string of the molecule is COC[C@@H](C)NC(=O)COc1ccc(S(=O)(=O)Nc2ccc(OC)c(Cl)c2)cc1. The van der Waals surface area contributed by atoms with E-state index >= 15 is 0 Å². The molecule has 0 aliphatic rings. The number of benzene rings is 2. The molecule has 158 valence electrons. The highest BCUT2D eigenvalue weighted by Gasteiger charge is 2.15. The molecule has 29 heavy (non-hydrogen) atoms. The number of ether oxygens (including phenoxy) is 3. The molecule has 2 aromatic rings. The molecule has 0 bridgehead atoms. The van der Waals surface area contributed by atoms with E-state index in [1.807, 2.05) is 6.92 Å². The summed E-state index contributed by atoms with van der Waals surface area (Å²) in [5, 5.41) is 3.00. The van der Waals surface area contributed by atoms with Crippen molar-refractivity contribution in [1.82, 2.24) is 5.32 Å². The van der Waals surface area contributed by atoms with Crippen LogP contribution in [0.15, 0.2) is 47.4 Å². The van der Waals surface area contributed by atoms with Gasteiger partial charge in [-0.2, -0.15) is 0 Å². The van der Waals surface area contributed by atoms with E-state index in [-0.39, 0.29) is 28.5 Å². The third kappa shape index (κ3) is 6.81. The topological polar surface area (TPSA) is 103 Å². The summed E-state index contributed by atoms with van der Waals surface area (Å²) in [6.07, 6.45) is 0. The molecule has 0 heterocycles. The van der Waals surface area contributed by atoms with Crippen LogP contribution < -0.4 is 19.5 Å². The smallest absolute Gasteiger partial charge is 0.261 e. The maximum atomic E-state index is 12.5. The lowest BCUT2D eigenvalue weighted by molar-refractivity contribution is -0.124. The number of hydrogen-bond donors (Lipinski definition) is 2. The molecule has 0 aliphatic heterocycles. The first-order valence-corrected chi connectivity index (χ1v) is 10.5. The van der Waals surface area contributed by atoms with E-state index in [9.17, 15) is 13.2 Å². The second-order valence-corrected chi connectivity index (χ2v) is 8.23. The molecule has 0 aliphatic carbocycles. The maximum absolute atomic E-state index is 12.5. The van der Waals surface area contributed by atoms with Crippen molar-refractivity contribution in [3.8, 4) is 11.5 Å². The number of sulfonamides is 1. The first kappa shape index (κ1) is 22.8. The summed E-state index contributed by atoms with van der Waals surface area (Å²) in [7, 11) is -0.799. The monoisotopic (exact) mass is 442 g/mol. The molecule has 1 amide bonds. The molecule has 0 unspecified atom stereocenters. The Balaban J connectivity index is 1.97. The fourth-order valence-corrected chi connectivity index (χ4v) is 3.72. The average molecular weight is 443 g/mol. The summed E-state index contributed by atoms with van der Waals surface area (Å²) in [5.41, 5.74) is 0.304. The molecule has 2 N–H and O–H groups in total. The summed E-state index contributed by atoms with van der Waals surface area (Å²) in [6, 6.07) is 10.1. The fraction of sp³-hybridized carbons (Fsp3) is 0.316. The zero-order valence-corrected chi connectivity index (χ0v) is 17.8. The van der Waals surface area contributed by atoms with E-state index < -0.39 is 10.0 Å². The van der Waals surface area contributed by atoms with Crippen LogP contribution in [-0.2, 0) is 19.6 Å². The van der Waals surface area contributed by atoms with Crippen molar-refractivity contribution in [2.45, 2.75) is 17.9 Å². The Morgan fingerprint density at radius 2 is 1.83 bits per heavy atom. The molecule has 8 nitrogen and oxygen atoms in total. The highest BCUT2D eigenvalue weighted by Crippen LogP contribution is 2.28. The van der Waals surface area contributed by atoms with E-state index in [4.69, 9.17) is 25.8 Å². The second-order valence-electron chi connectivity index (χ2n) is 6.14. The van der Waals surface area contributed by atoms with E-state index in [2.05, 4.69) is 10.0 Å². The Morgan fingerprint density at radius 1 is 1.14 bits per heavy atom. The summed E-state index contributed by atoms with van der Waals surface area (Å²) >= 11 is 6.02. The largest absolute Gasteiger partial charge is 0.495 e. The van der Waals surface area contributed by atoms with E-state index in [0.29, 0.717) is 23.8 Å². The van der Waals surface area contributed by atoms with Crippen LogP contribution >= 0.6 is 11.6 Å². The van der Waals surface area contributed by atoms with Gasteiger partial charge in [0.2, 0.25) is 0 Å². The molecule has 0 saturated heterocycles. The molecule has 10 heteroatoms. The molecule has 0 saturated carbocycles. The van der Waals surface area contributed by atoms with Gasteiger partial charge in [-0.15, -0.1) is 0 Å². The van der Waals surface area contributed by atoms with Crippen LogP contribution in [0.25, 0.3) is 0 Å². The number of amides is 1. The molecular formula is C19H23ClN2O6S. The Bertz CT molecular complexity index is 934. The van der Waals surface area contributed by atoms with Gasteiger partial charge in [-0.25, -0.2) is 8.42 Å². The van der Waals surface area contributed by atoms with Crippen molar-refractivity contribution in [1.29, 1.82) is 0 Å². The van der Waals surface area contributed by atoms with Crippen molar-refractivity contribution in [2.75, 3.05) is 32.2 Å². The van der Waals surface area contributed by atoms with Crippen molar-refractivity contribution in [2.24, 2.45) is 0 Å². The van der Waals surface area contributed by atoms with Crippen molar-refractivity contribution < 1.29 is 27.4 Å². The van der Waals surface area contributed by atoms with Crippen molar-refractivity contribution >= 4 is 33.2 Å². The van der Waals surface area contributed by atoms with Crippen LogP contribution in [-0.4, -0.2) is 47.8 Å². The Labute approximate surface area is 175 Å². The van der Waals surface area contributed by atoms with Crippen molar-refractivity contribution in [3.63, 3.8) is 0 Å². The molecule has 0 fully saturated rings. The van der Waals surface area contributed by atoms with Crippen LogP contribution in [0, 0.1) is 0 Å². The Morgan fingerprint density at radius 3 is 2.41 bits per heavy atom. The molecule has 2 aromatic carbocycles. The zero-order chi connectivity index (χ0) is 21.4. The number of carbonyl (C=O) groups is 1. The molecular weight excluding hydrogens is 420 g/mol. The van der Waals surface area contributed by atoms with Gasteiger partial charge in [0, 0.05) is 13.2 Å². The first-order chi connectivity index (χ1) is 13.7. The minimum Gasteiger partial charge on any atom is -0.495 e. The number of methoxy groups -OCH3 is 2. The Hall–Kier alpha value is -2.49. The predicted molar refractivity (Wildman–Crippen MR) is 110 cm³/mol. The van der Waals surface area contributed by atoms with E-state index in [1.165, 1.54) is 37.4 Å². The van der Waals surface area contributed by atoms with Crippen LogP contribution in [0.5, 0.6) is 11.5 Å². The molecule has 1 atom stereocenters. The van der Waals surface area contributed by atoms with Gasteiger partial charge in [0.25, 0.3) is 15.9 Å². The van der Waals surface area contributed by atoms with Gasteiger partial charge in [-0.1, -0.05) is 11.6 Å². The molecule has 0 aromatic heterocycles. The van der Waals surface area contributed by atoms with Gasteiger partial charge in [-0.05, 0) is 49.4 Å². The summed E-state index contributed by atoms with van der Waals surface area (Å²) in [5.74, 6) is 0.507. The molecule has 0 spiro atoms. The maximum Gasteiger partial charge on any atom is 0.261 e. The quantitative estimate of drug-likeness (QED) is 0.586. The number of halogens is 1. The Kier molecular flexibility index (Phi) is 8.12. The van der Waals surface area contributed by atoms with Gasteiger partial charge in [0.15, 0.2) is 6.61 Å². The van der Waals surface area contributed by atoms with Crippen LogP contribution in [0.2, 0.25) is 5.02 Å². The van der Waals surface area contributed by atoms with Crippen LogP contribution in [0.3, 0.4) is 0 Å². The summed E-state index contributed by atoms with van der Waals surface area (Å²) in [6.45, 7) is 2.01.